The van der Waals surface area contributed by atoms with E-state index in [-0.39, 0.29) is 5.69 Å². The zero-order valence-electron chi connectivity index (χ0n) is 12.2. The molecule has 0 aliphatic rings. The summed E-state index contributed by atoms with van der Waals surface area (Å²) in [7, 11) is 1.46. The fourth-order valence-electron chi connectivity index (χ4n) is 1.98. The number of hydrogen-bond donors (Lipinski definition) is 1. The van der Waals surface area contributed by atoms with Crippen molar-refractivity contribution >= 4 is 49.1 Å². The molecule has 0 saturated carbocycles. The van der Waals surface area contributed by atoms with E-state index in [0.29, 0.717) is 25.9 Å². The quantitative estimate of drug-likeness (QED) is 0.548. The number of nitrogens with one attached hydrogen (secondary N) is 1. The van der Waals surface area contributed by atoms with Crippen LogP contribution < -0.4 is 10.1 Å². The number of nitrogens with zero attached hydrogens (tertiary/aromatic N) is 1. The van der Waals surface area contributed by atoms with Gasteiger partial charge in [0.15, 0.2) is 0 Å². The van der Waals surface area contributed by atoms with Gasteiger partial charge in [0.2, 0.25) is 0 Å². The van der Waals surface area contributed by atoms with Crippen LogP contribution in [0.15, 0.2) is 39.3 Å². The average molecular weight is 444 g/mol. The second-order valence-electron chi connectivity index (χ2n) is 4.68. The van der Waals surface area contributed by atoms with E-state index in [4.69, 9.17) is 4.74 Å². The second kappa shape index (κ2) is 7.10. The zero-order valence-corrected chi connectivity index (χ0v) is 15.4. The second-order valence-corrected chi connectivity index (χ2v) is 6.45. The minimum atomic E-state index is -0.509. The number of benzene rings is 2. The molecule has 1 N–H and O–H groups in total. The van der Waals surface area contributed by atoms with Crippen LogP contribution in [0.3, 0.4) is 0 Å². The number of methoxy groups -OCH3 is 1. The summed E-state index contributed by atoms with van der Waals surface area (Å²) in [6.45, 7) is 1.76. The summed E-state index contributed by atoms with van der Waals surface area (Å²) in [5.74, 6) is -0.0405. The van der Waals surface area contributed by atoms with Gasteiger partial charge in [-0.05, 0) is 40.5 Å². The summed E-state index contributed by atoms with van der Waals surface area (Å²) in [6.07, 6.45) is 0. The van der Waals surface area contributed by atoms with Gasteiger partial charge in [-0.3, -0.25) is 14.9 Å². The van der Waals surface area contributed by atoms with E-state index in [0.717, 1.165) is 5.56 Å². The van der Waals surface area contributed by atoms with Gasteiger partial charge in [-0.25, -0.2) is 0 Å². The molecule has 8 heteroatoms. The summed E-state index contributed by atoms with van der Waals surface area (Å²) in [4.78, 5) is 22.9. The minimum absolute atomic E-state index is 0.0895. The Kier molecular flexibility index (Phi) is 5.38. The highest BCUT2D eigenvalue weighted by molar-refractivity contribution is 9.11. The third-order valence-electron chi connectivity index (χ3n) is 3.14. The third-order valence-corrected chi connectivity index (χ3v) is 4.18. The third kappa shape index (κ3) is 3.89. The minimum Gasteiger partial charge on any atom is -0.495 e. The lowest BCUT2D eigenvalue weighted by atomic mass is 10.1. The first-order valence-electron chi connectivity index (χ1n) is 6.43. The first kappa shape index (κ1) is 17.4. The molecule has 6 nitrogen and oxygen atoms in total. The Morgan fingerprint density at radius 3 is 2.57 bits per heavy atom. The fraction of sp³-hybridized carbons (Fsp3) is 0.133. The molecular formula is C15H12Br2N2O4. The Morgan fingerprint density at radius 2 is 1.96 bits per heavy atom. The van der Waals surface area contributed by atoms with Crippen LogP contribution in [0.4, 0.5) is 11.4 Å². The Labute approximate surface area is 149 Å². The molecule has 0 aromatic heterocycles. The number of rotatable bonds is 4. The van der Waals surface area contributed by atoms with E-state index >= 15 is 0 Å². The molecule has 0 radical (unpaired) electrons. The van der Waals surface area contributed by atoms with E-state index in [1.54, 1.807) is 25.1 Å². The van der Waals surface area contributed by atoms with Gasteiger partial charge in [0.1, 0.15) is 5.75 Å². The van der Waals surface area contributed by atoms with E-state index in [1.165, 1.54) is 19.2 Å². The highest BCUT2D eigenvalue weighted by Gasteiger charge is 2.18. The number of aryl methyl sites for hydroxylation is 1. The molecule has 0 aliphatic heterocycles. The highest BCUT2D eigenvalue weighted by Crippen LogP contribution is 2.33. The van der Waals surface area contributed by atoms with E-state index < -0.39 is 10.8 Å². The molecule has 0 aliphatic carbocycles. The predicted octanol–water partition coefficient (Wildman–Crippen LogP) is 4.69. The van der Waals surface area contributed by atoms with Crippen molar-refractivity contribution in [2.75, 3.05) is 12.4 Å². The van der Waals surface area contributed by atoms with Gasteiger partial charge in [0.25, 0.3) is 11.6 Å². The maximum absolute atomic E-state index is 12.5. The monoisotopic (exact) mass is 442 g/mol. The van der Waals surface area contributed by atoms with Crippen molar-refractivity contribution in [3.05, 3.63) is 60.5 Å². The summed E-state index contributed by atoms with van der Waals surface area (Å²) in [6, 6.07) is 7.68. The molecule has 0 saturated heterocycles. The molecule has 0 bridgehead atoms. The number of carbonyl (C=O) groups excluding carboxylic acids is 1. The molecule has 2 aromatic rings. The Bertz CT molecular complexity index is 793. The molecule has 0 heterocycles. The highest BCUT2D eigenvalue weighted by atomic mass is 79.9. The number of nitro groups is 1. The van der Waals surface area contributed by atoms with Crippen molar-refractivity contribution in [3.8, 4) is 5.75 Å². The molecule has 2 rings (SSSR count). The number of hydrogen-bond acceptors (Lipinski definition) is 4. The van der Waals surface area contributed by atoms with E-state index in [2.05, 4.69) is 37.2 Å². The molecule has 120 valence electrons. The van der Waals surface area contributed by atoms with Crippen LogP contribution >= 0.6 is 31.9 Å². The van der Waals surface area contributed by atoms with Gasteiger partial charge < -0.3 is 10.1 Å². The fourth-order valence-corrected chi connectivity index (χ4v) is 3.37. The first-order valence-corrected chi connectivity index (χ1v) is 8.01. The molecule has 0 unspecified atom stereocenters. The van der Waals surface area contributed by atoms with Crippen LogP contribution in [0.1, 0.15) is 15.9 Å². The maximum Gasteiger partial charge on any atom is 0.271 e. The molecule has 0 atom stereocenters. The van der Waals surface area contributed by atoms with Crippen molar-refractivity contribution in [3.63, 3.8) is 0 Å². The van der Waals surface area contributed by atoms with E-state index in [9.17, 15) is 14.9 Å². The number of nitro benzene ring substituents is 1. The van der Waals surface area contributed by atoms with Crippen molar-refractivity contribution in [1.29, 1.82) is 0 Å². The van der Waals surface area contributed by atoms with Crippen LogP contribution in [0.5, 0.6) is 5.75 Å². The lowest BCUT2D eigenvalue weighted by Crippen LogP contribution is -2.14. The van der Waals surface area contributed by atoms with Crippen molar-refractivity contribution in [2.45, 2.75) is 6.92 Å². The van der Waals surface area contributed by atoms with Crippen LogP contribution in [0.25, 0.3) is 0 Å². The van der Waals surface area contributed by atoms with Crippen LogP contribution in [0.2, 0.25) is 0 Å². The molecule has 0 fully saturated rings. The maximum atomic E-state index is 12.5. The molecule has 0 spiro atoms. The van der Waals surface area contributed by atoms with E-state index in [1.807, 2.05) is 0 Å². The van der Waals surface area contributed by atoms with Gasteiger partial charge in [0, 0.05) is 16.6 Å². The average Bonchev–Trinajstić information content (AvgIpc) is 2.48. The molecule has 1 amide bonds. The standard InChI is InChI=1S/C15H12Br2N2O4/c1-8-3-4-10(19(21)22)7-13(8)18-15(20)11-5-9(16)6-12(17)14(11)23-2/h3-7H,1-2H3,(H,18,20). The summed E-state index contributed by atoms with van der Waals surface area (Å²) >= 11 is 6.65. The molecular weight excluding hydrogens is 432 g/mol. The topological polar surface area (TPSA) is 81.5 Å². The van der Waals surface area contributed by atoms with Crippen LogP contribution in [0, 0.1) is 17.0 Å². The number of non-ortho nitro benzene ring substituents is 1. The first-order chi connectivity index (χ1) is 10.8. The Balaban J connectivity index is 2.40. The smallest absolute Gasteiger partial charge is 0.271 e. The number of amides is 1. The van der Waals surface area contributed by atoms with Gasteiger partial charge in [-0.1, -0.05) is 22.0 Å². The zero-order chi connectivity index (χ0) is 17.1. The Morgan fingerprint density at radius 1 is 1.26 bits per heavy atom. The molecule has 2 aromatic carbocycles. The Hall–Kier alpha value is -1.93. The van der Waals surface area contributed by atoms with Crippen LogP contribution in [-0.2, 0) is 0 Å². The number of carbonyl (C=O) groups is 1. The summed E-state index contributed by atoms with van der Waals surface area (Å²) in [5.41, 5.74) is 1.31. The number of anilines is 1. The van der Waals surface area contributed by atoms with Crippen molar-refractivity contribution in [1.82, 2.24) is 0 Å². The normalized spacial score (nSPS) is 10.3. The van der Waals surface area contributed by atoms with Crippen molar-refractivity contribution < 1.29 is 14.5 Å². The van der Waals surface area contributed by atoms with Crippen molar-refractivity contribution in [2.24, 2.45) is 0 Å². The lowest BCUT2D eigenvalue weighted by Gasteiger charge is -2.13. The van der Waals surface area contributed by atoms with Gasteiger partial charge in [0.05, 0.1) is 27.8 Å². The summed E-state index contributed by atoms with van der Waals surface area (Å²) < 4.78 is 6.57. The lowest BCUT2D eigenvalue weighted by molar-refractivity contribution is -0.384. The van der Waals surface area contributed by atoms with Gasteiger partial charge in [-0.2, -0.15) is 0 Å². The predicted molar refractivity (Wildman–Crippen MR) is 94.2 cm³/mol. The number of ether oxygens (including phenoxy) is 1. The van der Waals surface area contributed by atoms with Gasteiger partial charge in [-0.15, -0.1) is 0 Å². The molecule has 23 heavy (non-hydrogen) atoms. The SMILES string of the molecule is COc1c(Br)cc(Br)cc1C(=O)Nc1cc([N+](=O)[O-])ccc1C. The largest absolute Gasteiger partial charge is 0.495 e. The summed E-state index contributed by atoms with van der Waals surface area (Å²) in [5, 5.41) is 13.6. The number of halogens is 2. The van der Waals surface area contributed by atoms with Gasteiger partial charge >= 0.3 is 0 Å². The van der Waals surface area contributed by atoms with Crippen LogP contribution in [-0.4, -0.2) is 17.9 Å².